The summed E-state index contributed by atoms with van der Waals surface area (Å²) >= 11 is 0. The second-order valence-corrected chi connectivity index (χ2v) is 3.30. The average Bonchev–Trinajstić information content (AvgIpc) is 2.10. The first kappa shape index (κ1) is 10.7. The minimum absolute atomic E-state index is 0.0467. The lowest BCUT2D eigenvalue weighted by molar-refractivity contribution is -0.136. The fourth-order valence-electron chi connectivity index (χ4n) is 1.36. The van der Waals surface area contributed by atoms with Crippen molar-refractivity contribution in [1.82, 2.24) is 0 Å². The third kappa shape index (κ3) is 2.85. The SMILES string of the molecule is Cc1ccc(CCO)cc1CC(=O)O. The Balaban J connectivity index is 2.90. The molecule has 0 aromatic heterocycles. The van der Waals surface area contributed by atoms with E-state index in [1.165, 1.54) is 0 Å². The van der Waals surface area contributed by atoms with E-state index in [0.29, 0.717) is 6.42 Å². The van der Waals surface area contributed by atoms with Crippen molar-refractivity contribution in [2.24, 2.45) is 0 Å². The van der Waals surface area contributed by atoms with Gasteiger partial charge < -0.3 is 10.2 Å². The van der Waals surface area contributed by atoms with Crippen LogP contribution >= 0.6 is 0 Å². The van der Waals surface area contributed by atoms with Crippen LogP contribution in [0.1, 0.15) is 16.7 Å². The van der Waals surface area contributed by atoms with E-state index in [1.807, 2.05) is 25.1 Å². The maximum absolute atomic E-state index is 10.5. The second-order valence-electron chi connectivity index (χ2n) is 3.30. The van der Waals surface area contributed by atoms with E-state index in [9.17, 15) is 4.79 Å². The molecule has 14 heavy (non-hydrogen) atoms. The number of hydrogen-bond acceptors (Lipinski definition) is 2. The van der Waals surface area contributed by atoms with Crippen LogP contribution in [0.3, 0.4) is 0 Å². The number of carboxylic acids is 1. The van der Waals surface area contributed by atoms with Crippen molar-refractivity contribution >= 4 is 5.97 Å². The number of aliphatic hydroxyl groups is 1. The number of hydrogen-bond donors (Lipinski definition) is 2. The molecule has 0 bridgehead atoms. The summed E-state index contributed by atoms with van der Waals surface area (Å²) in [6.45, 7) is 1.98. The normalized spacial score (nSPS) is 10.1. The quantitative estimate of drug-likeness (QED) is 0.756. The molecular weight excluding hydrogens is 180 g/mol. The van der Waals surface area contributed by atoms with Gasteiger partial charge in [-0.1, -0.05) is 18.2 Å². The highest BCUT2D eigenvalue weighted by Crippen LogP contribution is 2.12. The van der Waals surface area contributed by atoms with Gasteiger partial charge in [0.2, 0.25) is 0 Å². The number of aliphatic hydroxyl groups excluding tert-OH is 1. The molecule has 0 aliphatic carbocycles. The fourth-order valence-corrected chi connectivity index (χ4v) is 1.36. The Morgan fingerprint density at radius 2 is 2.14 bits per heavy atom. The van der Waals surface area contributed by atoms with Crippen LogP contribution < -0.4 is 0 Å². The van der Waals surface area contributed by atoms with E-state index >= 15 is 0 Å². The Labute approximate surface area is 83.0 Å². The molecule has 0 saturated carbocycles. The average molecular weight is 194 g/mol. The molecule has 0 spiro atoms. The molecule has 1 aromatic rings. The molecule has 0 amide bonds. The Morgan fingerprint density at radius 3 is 2.71 bits per heavy atom. The van der Waals surface area contributed by atoms with E-state index in [1.54, 1.807) is 0 Å². The molecule has 0 saturated heterocycles. The van der Waals surface area contributed by atoms with Crippen LogP contribution in [-0.2, 0) is 17.6 Å². The van der Waals surface area contributed by atoms with Crippen LogP contribution in [0.25, 0.3) is 0 Å². The lowest BCUT2D eigenvalue weighted by Crippen LogP contribution is -2.03. The molecule has 0 aliphatic rings. The van der Waals surface area contributed by atoms with E-state index in [-0.39, 0.29) is 13.0 Å². The van der Waals surface area contributed by atoms with Crippen LogP contribution in [0.15, 0.2) is 18.2 Å². The van der Waals surface area contributed by atoms with Crippen molar-refractivity contribution in [3.63, 3.8) is 0 Å². The van der Waals surface area contributed by atoms with Crippen LogP contribution in [-0.4, -0.2) is 22.8 Å². The standard InChI is InChI=1S/C11H14O3/c1-8-2-3-9(4-5-12)6-10(8)7-11(13)14/h2-3,6,12H,4-5,7H2,1H3,(H,13,14). The zero-order valence-electron chi connectivity index (χ0n) is 8.16. The summed E-state index contributed by atoms with van der Waals surface area (Å²) in [6, 6.07) is 5.65. The van der Waals surface area contributed by atoms with Gasteiger partial charge in [-0.25, -0.2) is 0 Å². The molecule has 3 nitrogen and oxygen atoms in total. The molecule has 0 fully saturated rings. The number of carbonyl (C=O) groups is 1. The lowest BCUT2D eigenvalue weighted by atomic mass is 10.0. The van der Waals surface area contributed by atoms with Crippen molar-refractivity contribution in [2.75, 3.05) is 6.61 Å². The van der Waals surface area contributed by atoms with Gasteiger partial charge in [-0.3, -0.25) is 4.79 Å². The van der Waals surface area contributed by atoms with Gasteiger partial charge in [0.1, 0.15) is 0 Å². The summed E-state index contributed by atoms with van der Waals surface area (Å²) < 4.78 is 0. The maximum atomic E-state index is 10.5. The smallest absolute Gasteiger partial charge is 0.307 e. The molecule has 3 heteroatoms. The predicted molar refractivity (Wildman–Crippen MR) is 53.3 cm³/mol. The zero-order valence-corrected chi connectivity index (χ0v) is 8.16. The molecule has 0 unspecified atom stereocenters. The molecule has 1 rings (SSSR count). The van der Waals surface area contributed by atoms with Crippen molar-refractivity contribution < 1.29 is 15.0 Å². The summed E-state index contributed by atoms with van der Waals surface area (Å²) in [6.07, 6.45) is 0.623. The monoisotopic (exact) mass is 194 g/mol. The molecule has 2 N–H and O–H groups in total. The Morgan fingerprint density at radius 1 is 1.43 bits per heavy atom. The molecule has 0 radical (unpaired) electrons. The number of rotatable bonds is 4. The molecule has 0 heterocycles. The summed E-state index contributed by atoms with van der Waals surface area (Å²) in [5.74, 6) is -0.825. The van der Waals surface area contributed by atoms with Crippen molar-refractivity contribution in [3.8, 4) is 0 Å². The van der Waals surface area contributed by atoms with Crippen LogP contribution in [0, 0.1) is 6.92 Å². The highest BCUT2D eigenvalue weighted by molar-refractivity contribution is 5.70. The van der Waals surface area contributed by atoms with E-state index in [2.05, 4.69) is 0 Å². The first-order chi connectivity index (χ1) is 6.63. The highest BCUT2D eigenvalue weighted by Gasteiger charge is 2.04. The lowest BCUT2D eigenvalue weighted by Gasteiger charge is -2.05. The Bertz CT molecular complexity index is 331. The van der Waals surface area contributed by atoms with Gasteiger partial charge in [0.25, 0.3) is 0 Å². The van der Waals surface area contributed by atoms with Crippen molar-refractivity contribution in [3.05, 3.63) is 34.9 Å². The van der Waals surface area contributed by atoms with Crippen LogP contribution in [0.4, 0.5) is 0 Å². The van der Waals surface area contributed by atoms with Gasteiger partial charge in [-0.2, -0.15) is 0 Å². The molecule has 1 aromatic carbocycles. The molecule has 0 atom stereocenters. The van der Waals surface area contributed by atoms with E-state index < -0.39 is 5.97 Å². The predicted octanol–water partition coefficient (Wildman–Crippen LogP) is 1.16. The number of carboxylic acid groups (broad SMARTS) is 1. The molecule has 0 aliphatic heterocycles. The molecular formula is C11H14O3. The van der Waals surface area contributed by atoms with Crippen molar-refractivity contribution in [1.29, 1.82) is 0 Å². The van der Waals surface area contributed by atoms with Gasteiger partial charge >= 0.3 is 5.97 Å². The summed E-state index contributed by atoms with van der Waals surface area (Å²) in [5.41, 5.74) is 2.78. The first-order valence-corrected chi connectivity index (χ1v) is 4.54. The number of benzene rings is 1. The van der Waals surface area contributed by atoms with Crippen LogP contribution in [0.2, 0.25) is 0 Å². The second kappa shape index (κ2) is 4.77. The third-order valence-corrected chi connectivity index (χ3v) is 2.16. The van der Waals surface area contributed by atoms with E-state index in [0.717, 1.165) is 16.7 Å². The minimum Gasteiger partial charge on any atom is -0.481 e. The maximum Gasteiger partial charge on any atom is 0.307 e. The summed E-state index contributed by atoms with van der Waals surface area (Å²) in [4.78, 5) is 10.5. The van der Waals surface area contributed by atoms with Crippen LogP contribution in [0.5, 0.6) is 0 Å². The first-order valence-electron chi connectivity index (χ1n) is 4.54. The number of aryl methyl sites for hydroxylation is 1. The number of aliphatic carboxylic acids is 1. The van der Waals surface area contributed by atoms with Crippen molar-refractivity contribution in [2.45, 2.75) is 19.8 Å². The Kier molecular flexibility index (Phi) is 3.65. The van der Waals surface area contributed by atoms with Gasteiger partial charge in [0.15, 0.2) is 0 Å². The van der Waals surface area contributed by atoms with Gasteiger partial charge in [0.05, 0.1) is 6.42 Å². The highest BCUT2D eigenvalue weighted by atomic mass is 16.4. The van der Waals surface area contributed by atoms with Gasteiger partial charge in [-0.05, 0) is 30.0 Å². The topological polar surface area (TPSA) is 57.5 Å². The fraction of sp³-hybridized carbons (Fsp3) is 0.364. The summed E-state index contributed by atoms with van der Waals surface area (Å²) in [7, 11) is 0. The Hall–Kier alpha value is -1.35. The van der Waals surface area contributed by atoms with Gasteiger partial charge in [-0.15, -0.1) is 0 Å². The minimum atomic E-state index is -0.825. The third-order valence-electron chi connectivity index (χ3n) is 2.16. The largest absolute Gasteiger partial charge is 0.481 e. The van der Waals surface area contributed by atoms with E-state index in [4.69, 9.17) is 10.2 Å². The molecule has 76 valence electrons. The zero-order chi connectivity index (χ0) is 10.6. The van der Waals surface area contributed by atoms with Gasteiger partial charge in [0, 0.05) is 6.61 Å². The summed E-state index contributed by atoms with van der Waals surface area (Å²) in [5, 5.41) is 17.4.